The van der Waals surface area contributed by atoms with E-state index in [2.05, 4.69) is 5.32 Å². The summed E-state index contributed by atoms with van der Waals surface area (Å²) in [6, 6.07) is -0.676. The summed E-state index contributed by atoms with van der Waals surface area (Å²) < 4.78 is 4.82. The lowest BCUT2D eigenvalue weighted by Gasteiger charge is -2.27. The number of nitrogens with one attached hydrogen (secondary N) is 1. The van der Waals surface area contributed by atoms with Crippen LogP contribution in [0, 0.1) is 0 Å². The number of carboxylic acid groups (broad SMARTS) is 1. The third-order valence-electron chi connectivity index (χ3n) is 2.78. The van der Waals surface area contributed by atoms with Gasteiger partial charge in [0.2, 0.25) is 0 Å². The van der Waals surface area contributed by atoms with E-state index in [1.807, 2.05) is 41.5 Å². The van der Waals surface area contributed by atoms with Crippen LogP contribution < -0.4 is 5.32 Å². The maximum Gasteiger partial charge on any atom is 0.322 e. The number of rotatable bonds is 3. The highest BCUT2D eigenvalue weighted by Gasteiger charge is 2.51. The number of carbonyl (C=O) groups excluding carboxylic acids is 1. The molecule has 1 aliphatic heterocycles. The Morgan fingerprint density at radius 2 is 1.84 bits per heavy atom. The molecule has 110 valence electrons. The quantitative estimate of drug-likeness (QED) is 0.774. The highest BCUT2D eigenvalue weighted by atomic mass is 32.2. The predicted molar refractivity (Wildman–Crippen MR) is 75.1 cm³/mol. The zero-order valence-corrected chi connectivity index (χ0v) is 13.2. The molecule has 0 aromatic carbocycles. The van der Waals surface area contributed by atoms with Crippen LogP contribution in [0.5, 0.6) is 0 Å². The van der Waals surface area contributed by atoms with Crippen molar-refractivity contribution < 1.29 is 19.4 Å². The van der Waals surface area contributed by atoms with Crippen molar-refractivity contribution in [2.45, 2.75) is 69.2 Å². The average molecular weight is 289 g/mol. The zero-order chi connectivity index (χ0) is 15.1. The number of carbonyl (C=O) groups is 2. The van der Waals surface area contributed by atoms with Gasteiger partial charge < -0.3 is 9.84 Å². The van der Waals surface area contributed by atoms with Gasteiger partial charge in [-0.15, -0.1) is 11.8 Å². The Morgan fingerprint density at radius 3 is 2.21 bits per heavy atom. The fourth-order valence-corrected chi connectivity index (χ4v) is 4.05. The average Bonchev–Trinajstić information content (AvgIpc) is 2.31. The van der Waals surface area contributed by atoms with Gasteiger partial charge in [-0.2, -0.15) is 0 Å². The molecule has 2 atom stereocenters. The van der Waals surface area contributed by atoms with Crippen LogP contribution >= 0.6 is 11.8 Å². The smallest absolute Gasteiger partial charge is 0.322 e. The summed E-state index contributed by atoms with van der Waals surface area (Å²) in [5, 5.41) is 12.2. The maximum absolute atomic E-state index is 11.9. The first-order valence-corrected chi connectivity index (χ1v) is 7.09. The minimum Gasteiger partial charge on any atom is -0.480 e. The molecule has 19 heavy (non-hydrogen) atoms. The largest absolute Gasteiger partial charge is 0.480 e. The molecule has 1 rings (SSSR count). The molecular weight excluding hydrogens is 266 g/mol. The number of hydrogen-bond acceptors (Lipinski definition) is 5. The number of ether oxygens (including phenoxy) is 1. The zero-order valence-electron chi connectivity index (χ0n) is 12.4. The highest BCUT2D eigenvalue weighted by molar-refractivity contribution is 8.02. The van der Waals surface area contributed by atoms with Gasteiger partial charge in [0, 0.05) is 4.75 Å². The second-order valence-corrected chi connectivity index (χ2v) is 8.77. The monoisotopic (exact) mass is 289 g/mol. The molecule has 0 saturated carbocycles. The van der Waals surface area contributed by atoms with Crippen molar-refractivity contribution in [2.75, 3.05) is 0 Å². The van der Waals surface area contributed by atoms with E-state index in [-0.39, 0.29) is 12.4 Å². The van der Waals surface area contributed by atoms with Crippen molar-refractivity contribution in [1.29, 1.82) is 0 Å². The normalized spacial score (nSPS) is 30.1. The van der Waals surface area contributed by atoms with E-state index in [0.29, 0.717) is 0 Å². The Morgan fingerprint density at radius 1 is 1.32 bits per heavy atom. The summed E-state index contributed by atoms with van der Waals surface area (Å²) in [4.78, 5) is 22.5. The van der Waals surface area contributed by atoms with E-state index < -0.39 is 27.2 Å². The van der Waals surface area contributed by atoms with Gasteiger partial charge in [-0.3, -0.25) is 14.9 Å². The Labute approximate surface area is 118 Å². The van der Waals surface area contributed by atoms with Crippen LogP contribution in [-0.2, 0) is 14.3 Å². The van der Waals surface area contributed by atoms with Crippen LogP contribution in [-0.4, -0.2) is 38.3 Å². The van der Waals surface area contributed by atoms with Crippen molar-refractivity contribution in [3.63, 3.8) is 0 Å². The van der Waals surface area contributed by atoms with Gasteiger partial charge in [0.05, 0.1) is 11.3 Å². The number of carboxylic acids is 1. The lowest BCUT2D eigenvalue weighted by Crippen LogP contribution is -2.48. The van der Waals surface area contributed by atoms with E-state index in [0.717, 1.165) is 0 Å². The minimum absolute atomic E-state index is 0.141. The fraction of sp³-hybridized carbons (Fsp3) is 0.846. The summed E-state index contributed by atoms with van der Waals surface area (Å²) in [7, 11) is 0. The van der Waals surface area contributed by atoms with E-state index >= 15 is 0 Å². The molecule has 0 spiro atoms. The van der Waals surface area contributed by atoms with Crippen LogP contribution in [0.4, 0.5) is 0 Å². The Kier molecular flexibility index (Phi) is 4.27. The lowest BCUT2D eigenvalue weighted by molar-refractivity contribution is -0.156. The molecule has 0 unspecified atom stereocenters. The third kappa shape index (κ3) is 4.38. The molecule has 0 aromatic heterocycles. The molecule has 1 aliphatic rings. The van der Waals surface area contributed by atoms with Crippen LogP contribution in [0.1, 0.15) is 48.0 Å². The predicted octanol–water partition coefficient (Wildman–Crippen LogP) is 2.00. The summed E-state index contributed by atoms with van der Waals surface area (Å²) in [6.07, 6.45) is 0.141. The van der Waals surface area contributed by atoms with Gasteiger partial charge in [-0.05, 0) is 41.5 Å². The van der Waals surface area contributed by atoms with Gasteiger partial charge in [0.1, 0.15) is 11.6 Å². The molecule has 6 heteroatoms. The lowest BCUT2D eigenvalue weighted by atomic mass is 10.0. The standard InChI is InChI=1S/C13H23NO4S/c1-11(2,3)18-8(15)7-13(6)14-9(10(16)17)12(4,5)19-13/h9,14H,7H2,1-6H3,(H,16,17)/t9-,13-/m0/s1. The van der Waals surface area contributed by atoms with Crippen molar-refractivity contribution >= 4 is 23.7 Å². The number of esters is 1. The summed E-state index contributed by atoms with van der Waals surface area (Å²) in [5.74, 6) is -1.22. The molecular formula is C13H23NO4S. The number of hydrogen-bond donors (Lipinski definition) is 2. The minimum atomic E-state index is -0.898. The van der Waals surface area contributed by atoms with Crippen molar-refractivity contribution in [3.8, 4) is 0 Å². The summed E-state index contributed by atoms with van der Waals surface area (Å²) >= 11 is 1.47. The SMILES string of the molecule is CC(C)(C)OC(=O)C[C@@]1(C)N[C@@H](C(=O)O)C(C)(C)S1. The first-order valence-electron chi connectivity index (χ1n) is 6.27. The molecule has 1 heterocycles. The summed E-state index contributed by atoms with van der Waals surface area (Å²) in [5.41, 5.74) is -0.529. The van der Waals surface area contributed by atoms with Crippen LogP contribution in [0.2, 0.25) is 0 Å². The second-order valence-electron chi connectivity index (χ2n) is 6.62. The summed E-state index contributed by atoms with van der Waals surface area (Å²) in [6.45, 7) is 11.0. The van der Waals surface area contributed by atoms with Gasteiger partial charge >= 0.3 is 11.9 Å². The van der Waals surface area contributed by atoms with Gasteiger partial charge in [-0.1, -0.05) is 0 Å². The number of thioether (sulfide) groups is 1. The van der Waals surface area contributed by atoms with E-state index in [9.17, 15) is 14.7 Å². The molecule has 1 fully saturated rings. The molecule has 0 radical (unpaired) electrons. The first-order chi connectivity index (χ1) is 8.35. The van der Waals surface area contributed by atoms with Crippen molar-refractivity contribution in [3.05, 3.63) is 0 Å². The van der Waals surface area contributed by atoms with Gasteiger partial charge in [0.25, 0.3) is 0 Å². The topological polar surface area (TPSA) is 75.6 Å². The fourth-order valence-electron chi connectivity index (χ4n) is 2.25. The first kappa shape index (κ1) is 16.3. The molecule has 0 aromatic rings. The molecule has 1 saturated heterocycles. The Hall–Kier alpha value is -0.750. The third-order valence-corrected chi connectivity index (χ3v) is 4.26. The molecule has 0 amide bonds. The highest BCUT2D eigenvalue weighted by Crippen LogP contribution is 2.46. The Bertz CT molecular complexity index is 389. The molecule has 0 bridgehead atoms. The molecule has 2 N–H and O–H groups in total. The van der Waals surface area contributed by atoms with Crippen molar-refractivity contribution in [1.82, 2.24) is 5.32 Å². The van der Waals surface area contributed by atoms with Crippen LogP contribution in [0.25, 0.3) is 0 Å². The van der Waals surface area contributed by atoms with Crippen LogP contribution in [0.15, 0.2) is 0 Å². The molecule has 5 nitrogen and oxygen atoms in total. The van der Waals surface area contributed by atoms with Crippen LogP contribution in [0.3, 0.4) is 0 Å². The van der Waals surface area contributed by atoms with Crippen molar-refractivity contribution in [2.24, 2.45) is 0 Å². The number of aliphatic carboxylic acids is 1. The second kappa shape index (κ2) is 4.98. The molecule has 0 aliphatic carbocycles. The van der Waals surface area contributed by atoms with Gasteiger partial charge in [0.15, 0.2) is 0 Å². The van der Waals surface area contributed by atoms with E-state index in [4.69, 9.17) is 4.74 Å². The van der Waals surface area contributed by atoms with Gasteiger partial charge in [-0.25, -0.2) is 0 Å². The van der Waals surface area contributed by atoms with E-state index in [1.54, 1.807) is 0 Å². The maximum atomic E-state index is 11.9. The Balaban J connectivity index is 2.74. The van der Waals surface area contributed by atoms with E-state index in [1.165, 1.54) is 11.8 Å².